The second-order valence-electron chi connectivity index (χ2n) is 17.4. The third-order valence-electron chi connectivity index (χ3n) is 13.6. The summed E-state index contributed by atoms with van der Waals surface area (Å²) in [5.74, 6) is -2.00. The molecule has 1 aliphatic carbocycles. The third kappa shape index (κ3) is 7.37. The molecule has 11 unspecified atom stereocenters. The number of ether oxygens (including phenoxy) is 4. The van der Waals surface area contributed by atoms with Crippen LogP contribution in [0.2, 0.25) is 0 Å². The van der Waals surface area contributed by atoms with Crippen molar-refractivity contribution < 1.29 is 38.7 Å². The van der Waals surface area contributed by atoms with Crippen LogP contribution in [0, 0.1) is 23.2 Å². The van der Waals surface area contributed by atoms with E-state index in [4.69, 9.17) is 24.7 Å². The van der Waals surface area contributed by atoms with E-state index in [0.717, 1.165) is 28.7 Å². The maximum Gasteiger partial charge on any atom is 0.334 e. The second-order valence-corrected chi connectivity index (χ2v) is 17.4. The molecule has 5 aliphatic heterocycles. The fourth-order valence-electron chi connectivity index (χ4n) is 10.0. The van der Waals surface area contributed by atoms with E-state index >= 15 is 0 Å². The van der Waals surface area contributed by atoms with Crippen LogP contribution in [-0.4, -0.2) is 70.1 Å². The molecule has 2 spiro atoms. The monoisotopic (exact) mass is 709 g/mol. The standard InChI is InChI=1S/C42H63NO8/c1-25-9-8-10-37(45)40(15-11-26(2)24-43)16-13-32(36-21-28(4)38(46)48-36)30(6)33(40)20-27(3)34(44)22-35-29(5)23-41(50-35)17-18-42(51-41)39(7,47)14-12-31(19-25)49-42/h20-21,26,29,31,33-36,44,47H,1,8-19,22-24,43H2,2-7H3/b27-20-. The van der Waals surface area contributed by atoms with Crippen LogP contribution in [0.1, 0.15) is 131 Å². The first-order valence-corrected chi connectivity index (χ1v) is 19.7. The van der Waals surface area contributed by atoms with Crippen LogP contribution in [0.25, 0.3) is 0 Å². The molecule has 3 saturated heterocycles. The number of nitrogens with two attached hydrogens (primary N) is 1. The first-order chi connectivity index (χ1) is 24.0. The van der Waals surface area contributed by atoms with E-state index < -0.39 is 34.8 Å². The third-order valence-corrected chi connectivity index (χ3v) is 13.6. The van der Waals surface area contributed by atoms with Gasteiger partial charge in [-0.15, -0.1) is 0 Å². The first-order valence-electron chi connectivity index (χ1n) is 19.7. The van der Waals surface area contributed by atoms with Crippen molar-refractivity contribution in [2.45, 2.75) is 173 Å². The van der Waals surface area contributed by atoms with Crippen molar-refractivity contribution >= 4 is 11.8 Å². The molecule has 0 aromatic heterocycles. The second kappa shape index (κ2) is 14.6. The van der Waals surface area contributed by atoms with Gasteiger partial charge in [0.25, 0.3) is 0 Å². The predicted molar refractivity (Wildman–Crippen MR) is 195 cm³/mol. The summed E-state index contributed by atoms with van der Waals surface area (Å²) in [6.07, 6.45) is 11.1. The minimum atomic E-state index is -1.16. The van der Waals surface area contributed by atoms with Gasteiger partial charge in [-0.3, -0.25) is 4.79 Å². The predicted octanol–water partition coefficient (Wildman–Crippen LogP) is 6.90. The largest absolute Gasteiger partial charge is 0.450 e. The summed E-state index contributed by atoms with van der Waals surface area (Å²) in [6.45, 7) is 16.9. The number of Topliss-reactive ketones (excluding diaryl/α,β-unsaturated/α-hetero) is 1. The smallest absolute Gasteiger partial charge is 0.334 e. The molecule has 11 atom stereocenters. The molecular formula is C42H63NO8. The lowest BCUT2D eigenvalue weighted by atomic mass is 9.58. The zero-order valence-corrected chi connectivity index (χ0v) is 31.9. The number of fused-ring (bicyclic) bond motifs is 3. The Balaban J connectivity index is 1.38. The molecule has 4 bridgehead atoms. The number of carbonyl (C=O) groups is 2. The van der Waals surface area contributed by atoms with Gasteiger partial charge in [0.1, 0.15) is 17.5 Å². The Morgan fingerprint density at radius 3 is 2.53 bits per heavy atom. The molecule has 0 amide bonds. The van der Waals surface area contributed by atoms with Gasteiger partial charge >= 0.3 is 5.97 Å². The van der Waals surface area contributed by atoms with Gasteiger partial charge in [0.2, 0.25) is 5.79 Å². The van der Waals surface area contributed by atoms with Crippen molar-refractivity contribution in [3.63, 3.8) is 0 Å². The Morgan fingerprint density at radius 2 is 1.82 bits per heavy atom. The van der Waals surface area contributed by atoms with Gasteiger partial charge in [-0.1, -0.05) is 37.6 Å². The number of carbonyl (C=O) groups excluding carboxylic acids is 2. The molecule has 51 heavy (non-hydrogen) atoms. The Hall–Kier alpha value is -2.14. The summed E-state index contributed by atoms with van der Waals surface area (Å²) in [5, 5.41) is 23.5. The molecule has 6 rings (SSSR count). The lowest BCUT2D eigenvalue weighted by molar-refractivity contribution is -0.387. The highest BCUT2D eigenvalue weighted by atomic mass is 16.8. The summed E-state index contributed by atoms with van der Waals surface area (Å²) < 4.78 is 26.0. The Morgan fingerprint density at radius 1 is 1.06 bits per heavy atom. The van der Waals surface area contributed by atoms with Crippen LogP contribution in [0.5, 0.6) is 0 Å². The average Bonchev–Trinajstić information content (AvgIpc) is 3.71. The van der Waals surface area contributed by atoms with E-state index in [1.807, 2.05) is 19.9 Å². The van der Waals surface area contributed by atoms with Crippen molar-refractivity contribution in [3.05, 3.63) is 46.6 Å². The van der Waals surface area contributed by atoms with Crippen molar-refractivity contribution in [2.24, 2.45) is 28.9 Å². The van der Waals surface area contributed by atoms with Crippen LogP contribution in [0.3, 0.4) is 0 Å². The van der Waals surface area contributed by atoms with Crippen molar-refractivity contribution in [2.75, 3.05) is 6.54 Å². The fraction of sp³-hybridized carbons (Fsp3) is 0.762. The molecule has 3 fully saturated rings. The SMILES string of the molecule is C=C1CCCC(=O)C2(CCC(C)CN)CCC(C3C=C(C)C(=O)O3)=C(C)C2/C=C(/C)C(O)CC2OC3(CCC4(OC(CCC4(C)O)C1)O3)CC2C. The number of cyclic esters (lactones) is 1. The topological polar surface area (TPSA) is 138 Å². The van der Waals surface area contributed by atoms with Crippen LogP contribution in [-0.2, 0) is 28.5 Å². The molecular weight excluding hydrogens is 646 g/mol. The van der Waals surface area contributed by atoms with E-state index in [1.54, 1.807) is 6.92 Å². The number of esters is 1. The summed E-state index contributed by atoms with van der Waals surface area (Å²) in [5.41, 5.74) is 8.80. The number of allylic oxidation sites excluding steroid dienone is 2. The lowest BCUT2D eigenvalue weighted by Crippen LogP contribution is -2.60. The van der Waals surface area contributed by atoms with E-state index in [9.17, 15) is 19.8 Å². The number of hydrogen-bond donors (Lipinski definition) is 3. The normalized spacial score (nSPS) is 44.1. The minimum absolute atomic E-state index is 0.116. The van der Waals surface area contributed by atoms with Crippen molar-refractivity contribution in [3.8, 4) is 0 Å². The molecule has 0 aromatic carbocycles. The van der Waals surface area contributed by atoms with Gasteiger partial charge in [0.15, 0.2) is 5.79 Å². The number of ketones is 1. The molecule has 284 valence electrons. The molecule has 9 nitrogen and oxygen atoms in total. The highest BCUT2D eigenvalue weighted by molar-refractivity contribution is 5.91. The van der Waals surface area contributed by atoms with E-state index in [2.05, 4.69) is 33.4 Å². The van der Waals surface area contributed by atoms with Crippen molar-refractivity contribution in [1.29, 1.82) is 0 Å². The summed E-state index contributed by atoms with van der Waals surface area (Å²) in [7, 11) is 0. The Kier molecular flexibility index (Phi) is 11.0. The zero-order valence-electron chi connectivity index (χ0n) is 31.9. The Labute approximate surface area is 305 Å². The van der Waals surface area contributed by atoms with Gasteiger partial charge in [-0.2, -0.15) is 0 Å². The summed E-state index contributed by atoms with van der Waals surface area (Å²) in [6, 6.07) is 0. The minimum Gasteiger partial charge on any atom is -0.450 e. The molecule has 5 heterocycles. The molecule has 0 saturated carbocycles. The number of aliphatic hydroxyl groups excluding tert-OH is 1. The number of hydrogen-bond acceptors (Lipinski definition) is 9. The van der Waals surface area contributed by atoms with Crippen LogP contribution < -0.4 is 5.73 Å². The molecule has 4 N–H and O–H groups in total. The van der Waals surface area contributed by atoms with Gasteiger partial charge in [0, 0.05) is 49.0 Å². The number of rotatable bonds is 5. The molecule has 0 radical (unpaired) electrons. The zero-order chi connectivity index (χ0) is 36.9. The highest BCUT2D eigenvalue weighted by Gasteiger charge is 2.64. The summed E-state index contributed by atoms with van der Waals surface area (Å²) >= 11 is 0. The van der Waals surface area contributed by atoms with Gasteiger partial charge in [-0.25, -0.2) is 4.79 Å². The van der Waals surface area contributed by atoms with Crippen LogP contribution in [0.4, 0.5) is 0 Å². The van der Waals surface area contributed by atoms with Gasteiger partial charge in [0.05, 0.1) is 18.3 Å². The maximum atomic E-state index is 14.8. The van der Waals surface area contributed by atoms with E-state index in [-0.39, 0.29) is 41.7 Å². The van der Waals surface area contributed by atoms with Crippen molar-refractivity contribution in [1.82, 2.24) is 0 Å². The van der Waals surface area contributed by atoms with E-state index in [1.165, 1.54) is 0 Å². The Bertz CT molecular complexity index is 1480. The molecule has 6 aliphatic rings. The highest BCUT2D eigenvalue weighted by Crippen LogP contribution is 2.56. The quantitative estimate of drug-likeness (QED) is 0.206. The summed E-state index contributed by atoms with van der Waals surface area (Å²) in [4.78, 5) is 27.3. The average molecular weight is 710 g/mol. The number of aliphatic hydroxyl groups is 2. The lowest BCUT2D eigenvalue weighted by Gasteiger charge is -2.49. The van der Waals surface area contributed by atoms with Crippen LogP contribution in [0.15, 0.2) is 46.6 Å². The fourth-order valence-corrected chi connectivity index (χ4v) is 10.0. The van der Waals surface area contributed by atoms with Gasteiger partial charge < -0.3 is 34.9 Å². The van der Waals surface area contributed by atoms with E-state index in [0.29, 0.717) is 95.6 Å². The molecule has 9 heteroatoms. The van der Waals surface area contributed by atoms with Crippen LogP contribution >= 0.6 is 0 Å². The molecule has 0 aromatic rings. The maximum absolute atomic E-state index is 14.8. The van der Waals surface area contributed by atoms with Gasteiger partial charge in [-0.05, 0) is 121 Å². The first kappa shape index (κ1) is 38.6.